The van der Waals surface area contributed by atoms with Crippen LogP contribution in [0.2, 0.25) is 0 Å². The molecule has 2 fully saturated rings. The normalized spacial score (nSPS) is 33.4. The van der Waals surface area contributed by atoms with Crippen molar-refractivity contribution in [1.29, 1.82) is 0 Å². The van der Waals surface area contributed by atoms with Crippen LogP contribution in [0, 0.1) is 17.8 Å². The highest BCUT2D eigenvalue weighted by Crippen LogP contribution is 2.33. The summed E-state index contributed by atoms with van der Waals surface area (Å²) in [4.78, 5) is 28.9. The Labute approximate surface area is 377 Å². The van der Waals surface area contributed by atoms with E-state index in [1.54, 1.807) is 28.0 Å². The Morgan fingerprint density at radius 2 is 1.58 bits per heavy atom. The summed E-state index contributed by atoms with van der Waals surface area (Å²) in [6.45, 7) is 27.4. The van der Waals surface area contributed by atoms with Crippen LogP contribution in [0.5, 0.6) is 0 Å². The molecule has 2 aliphatic rings. The van der Waals surface area contributed by atoms with Gasteiger partial charge in [-0.1, -0.05) is 41.5 Å². The average molecular weight is 899 g/mol. The van der Waals surface area contributed by atoms with Crippen LogP contribution in [0.4, 0.5) is 0 Å². The molecule has 8 N–H and O–H groups in total. The first-order valence-corrected chi connectivity index (χ1v) is 23.1. The van der Waals surface area contributed by atoms with Crippen LogP contribution in [0.15, 0.2) is 0 Å². The smallest absolute Gasteiger partial charge is 0.311 e. The number of cyclic esters (lactones) is 1. The van der Waals surface area contributed by atoms with E-state index in [2.05, 4.69) is 34.3 Å². The molecule has 16 heteroatoms. The summed E-state index contributed by atoms with van der Waals surface area (Å²) < 4.78 is 21.9. The summed E-state index contributed by atoms with van der Waals surface area (Å²) in [5.41, 5.74) is -2.69. The maximum Gasteiger partial charge on any atom is 0.311 e. The van der Waals surface area contributed by atoms with Gasteiger partial charge in [0, 0.05) is 79.0 Å². The van der Waals surface area contributed by atoms with Crippen molar-refractivity contribution in [2.45, 2.75) is 201 Å². The van der Waals surface area contributed by atoms with Crippen LogP contribution < -0.4 is 10.6 Å². The number of amides is 1. The number of hydrogen-bond acceptors (Lipinski definition) is 15. The predicted molar refractivity (Wildman–Crippen MR) is 248 cm³/mol. The second-order valence-corrected chi connectivity index (χ2v) is 17.7. The van der Waals surface area contributed by atoms with Crippen molar-refractivity contribution in [2.24, 2.45) is 17.8 Å². The molecule has 2 rings (SSSR count). The molecular formula is C46H98N4O12. The van der Waals surface area contributed by atoms with Crippen molar-refractivity contribution in [3.8, 4) is 0 Å². The van der Waals surface area contributed by atoms with Gasteiger partial charge in [0.2, 0.25) is 5.91 Å². The van der Waals surface area contributed by atoms with Gasteiger partial charge in [-0.2, -0.15) is 0 Å². The van der Waals surface area contributed by atoms with E-state index in [0.717, 1.165) is 33.0 Å². The van der Waals surface area contributed by atoms with Crippen LogP contribution in [0.1, 0.15) is 135 Å². The third-order valence-corrected chi connectivity index (χ3v) is 11.6. The van der Waals surface area contributed by atoms with E-state index in [1.807, 2.05) is 69.5 Å². The van der Waals surface area contributed by atoms with E-state index in [1.165, 1.54) is 6.92 Å². The lowest BCUT2D eigenvalue weighted by molar-refractivity contribution is -0.193. The molecule has 0 aromatic carbocycles. The van der Waals surface area contributed by atoms with E-state index in [0.29, 0.717) is 57.9 Å². The molecule has 62 heavy (non-hydrogen) atoms. The molecule has 0 bridgehead atoms. The maximum absolute atomic E-state index is 13.2. The van der Waals surface area contributed by atoms with Gasteiger partial charge in [-0.25, -0.2) is 0 Å². The standard InChI is InChI=1S/C28H55N3O7.C8H17NO2.C7H16O2.C2H6.CH4O/c1-10-22-28(7,36)25(33)21(5)31(14-13-30-12-11-23(32)29-8)17-18(2)15-27(6,35)16-19(3)24(37-9)20(4)26(34)38-22;1-6-4-7(9(2)3)5-8(10)11-6;1-4-5-9-7(3)6(2)8;2*1-2/h18-22,24-25,30,33,35-36H,10-17H2,1-9H3,(H,29,32);6-8,10H,4-5H2,1-3H3;6-8H,4-5H2,1-3H3;1-2H3;2H,1H3/t18-,19-,20?,21?,22-,24+,25?,27-,28-;;6-,7?;;/m1.1../s1. The van der Waals surface area contributed by atoms with Crippen molar-refractivity contribution in [3.05, 3.63) is 0 Å². The predicted octanol–water partition coefficient (Wildman–Crippen LogP) is 3.56. The largest absolute Gasteiger partial charge is 0.459 e. The maximum atomic E-state index is 13.2. The van der Waals surface area contributed by atoms with E-state index in [9.17, 15) is 30.0 Å². The van der Waals surface area contributed by atoms with Crippen LogP contribution in [0.25, 0.3) is 0 Å². The first-order valence-electron chi connectivity index (χ1n) is 23.1. The summed E-state index contributed by atoms with van der Waals surface area (Å²) in [5, 5.41) is 65.2. The molecular weight excluding hydrogens is 801 g/mol. The van der Waals surface area contributed by atoms with Crippen molar-refractivity contribution in [2.75, 3.05) is 68.1 Å². The quantitative estimate of drug-likeness (QED) is 0.0979. The SMILES string of the molecule is CC.CC1CC(N(C)C)CC(O)O1.CCCOC(C)[C@@H](C)O.CC[C@H]1OC(=O)C(C)[C@@H](OC)[C@H](C)C[C@](C)(O)C[C@@H](C)CN(CCNCCC(=O)NC)C(C)C(O)[C@]1(C)O.CO. The van der Waals surface area contributed by atoms with Gasteiger partial charge in [-0.15, -0.1) is 0 Å². The molecule has 0 aromatic heterocycles. The number of carbonyl (C=O) groups is 2. The zero-order chi connectivity index (χ0) is 49.0. The third-order valence-electron chi connectivity index (χ3n) is 11.6. The topological polar surface area (TPSA) is 223 Å². The van der Waals surface area contributed by atoms with Gasteiger partial charge in [-0.3, -0.25) is 14.5 Å². The zero-order valence-corrected chi connectivity index (χ0v) is 42.4. The van der Waals surface area contributed by atoms with Gasteiger partial charge < -0.3 is 65.1 Å². The number of nitrogens with one attached hydrogen (secondary N) is 2. The molecule has 0 saturated carbocycles. The van der Waals surface area contributed by atoms with Gasteiger partial charge >= 0.3 is 5.97 Å². The monoisotopic (exact) mass is 899 g/mol. The van der Waals surface area contributed by atoms with E-state index in [4.69, 9.17) is 29.2 Å². The van der Waals surface area contributed by atoms with Crippen molar-refractivity contribution in [3.63, 3.8) is 0 Å². The molecule has 0 aliphatic carbocycles. The Morgan fingerprint density at radius 1 is 1.00 bits per heavy atom. The fourth-order valence-electron chi connectivity index (χ4n) is 8.01. The summed E-state index contributed by atoms with van der Waals surface area (Å²) in [5.74, 6) is -1.21. The number of aliphatic hydroxyl groups is 6. The van der Waals surface area contributed by atoms with Gasteiger partial charge in [0.1, 0.15) is 17.8 Å². The fourth-order valence-corrected chi connectivity index (χ4v) is 8.01. The molecule has 1 amide bonds. The number of nitrogens with zero attached hydrogens (tertiary/aromatic N) is 2. The second kappa shape index (κ2) is 34.8. The van der Waals surface area contributed by atoms with Crippen LogP contribution >= 0.6 is 0 Å². The summed E-state index contributed by atoms with van der Waals surface area (Å²) in [6.07, 6.45) is 1.07. The van der Waals surface area contributed by atoms with Crippen molar-refractivity contribution in [1.82, 2.24) is 20.4 Å². The fraction of sp³-hybridized carbons (Fsp3) is 0.957. The lowest BCUT2D eigenvalue weighted by Gasteiger charge is -2.43. The van der Waals surface area contributed by atoms with E-state index >= 15 is 0 Å². The van der Waals surface area contributed by atoms with Gasteiger partial charge in [0.05, 0.1) is 35.9 Å². The number of esters is 1. The van der Waals surface area contributed by atoms with Crippen LogP contribution in [-0.2, 0) is 28.5 Å². The lowest BCUT2D eigenvalue weighted by atomic mass is 9.80. The Morgan fingerprint density at radius 3 is 2.05 bits per heavy atom. The number of carbonyl (C=O) groups excluding carboxylic acids is 2. The van der Waals surface area contributed by atoms with Crippen molar-refractivity contribution >= 4 is 11.9 Å². The molecule has 2 aliphatic heterocycles. The molecule has 2 heterocycles. The number of ether oxygens (including phenoxy) is 4. The highest BCUT2D eigenvalue weighted by molar-refractivity contribution is 5.75. The van der Waals surface area contributed by atoms with Crippen LogP contribution in [0.3, 0.4) is 0 Å². The Balaban J connectivity index is -0.00000117. The lowest BCUT2D eigenvalue weighted by Crippen LogP contribution is -2.60. The molecule has 0 spiro atoms. The number of aliphatic hydroxyl groups excluding tert-OH is 4. The molecule has 14 atom stereocenters. The Hall–Kier alpha value is -1.54. The Bertz CT molecular complexity index is 1110. The van der Waals surface area contributed by atoms with E-state index < -0.39 is 53.7 Å². The average Bonchev–Trinajstić information content (AvgIpc) is 3.21. The zero-order valence-electron chi connectivity index (χ0n) is 42.4. The minimum atomic E-state index is -1.70. The summed E-state index contributed by atoms with van der Waals surface area (Å²) in [6, 6.07) is -0.00663. The third kappa shape index (κ3) is 25.8. The van der Waals surface area contributed by atoms with E-state index in [-0.39, 0.29) is 36.1 Å². The molecule has 7 unspecified atom stereocenters. The minimum Gasteiger partial charge on any atom is -0.459 e. The molecule has 0 radical (unpaired) electrons. The highest BCUT2D eigenvalue weighted by Gasteiger charge is 2.46. The second-order valence-electron chi connectivity index (χ2n) is 17.7. The first kappa shape index (κ1) is 64.7. The summed E-state index contributed by atoms with van der Waals surface area (Å²) in [7, 11) is 8.23. The van der Waals surface area contributed by atoms with Crippen molar-refractivity contribution < 1.29 is 59.2 Å². The summed E-state index contributed by atoms with van der Waals surface area (Å²) >= 11 is 0. The molecule has 0 aromatic rings. The first-order chi connectivity index (χ1) is 28.9. The van der Waals surface area contributed by atoms with Gasteiger partial charge in [-0.05, 0) is 107 Å². The molecule has 16 nitrogen and oxygen atoms in total. The van der Waals surface area contributed by atoms with Crippen LogP contribution in [-0.4, -0.2) is 187 Å². The number of rotatable bonds is 13. The Kier molecular flexibility index (Phi) is 36.3. The highest BCUT2D eigenvalue weighted by atomic mass is 16.6. The number of hydrogen-bond donors (Lipinski definition) is 8. The molecule has 374 valence electrons. The van der Waals surface area contributed by atoms with Gasteiger partial charge in [0.15, 0.2) is 6.29 Å². The van der Waals surface area contributed by atoms with Gasteiger partial charge in [0.25, 0.3) is 0 Å². The number of methoxy groups -OCH3 is 1. The minimum absolute atomic E-state index is 0.0232. The molecule has 2 saturated heterocycles.